The minimum absolute atomic E-state index is 0.309. The lowest BCUT2D eigenvalue weighted by Crippen LogP contribution is -2.28. The van der Waals surface area contributed by atoms with Crippen LogP contribution < -0.4 is 0 Å². The summed E-state index contributed by atoms with van der Waals surface area (Å²) >= 11 is 0. The van der Waals surface area contributed by atoms with E-state index in [1.165, 1.54) is 6.07 Å². The third-order valence-corrected chi connectivity index (χ3v) is 4.14. The van der Waals surface area contributed by atoms with Gasteiger partial charge in [-0.05, 0) is 25.9 Å². The van der Waals surface area contributed by atoms with E-state index in [9.17, 15) is 8.42 Å². The van der Waals surface area contributed by atoms with E-state index in [-0.39, 0.29) is 5.09 Å². The molecule has 1 fully saturated rings. The van der Waals surface area contributed by atoms with Crippen LogP contribution in [0.2, 0.25) is 0 Å². The van der Waals surface area contributed by atoms with Crippen LogP contribution in [0.5, 0.6) is 0 Å². The predicted molar refractivity (Wildman–Crippen MR) is 55.8 cm³/mol. The normalized spacial score (nSPS) is 28.8. The van der Waals surface area contributed by atoms with Crippen LogP contribution in [0, 0.1) is 0 Å². The summed E-state index contributed by atoms with van der Waals surface area (Å²) in [5.41, 5.74) is 0.910. The van der Waals surface area contributed by atoms with E-state index >= 15 is 0 Å². The number of fused-ring (bicyclic) bond motifs is 2. The van der Waals surface area contributed by atoms with Gasteiger partial charge in [0.05, 0.1) is 0 Å². The van der Waals surface area contributed by atoms with Crippen LogP contribution in [-0.4, -0.2) is 31.0 Å². The molecule has 0 atom stereocenters. The molecule has 1 N–H and O–H groups in total. The van der Waals surface area contributed by atoms with Gasteiger partial charge in [-0.3, -0.25) is 9.45 Å². The largest absolute Gasteiger partial charge is 0.447 e. The van der Waals surface area contributed by atoms with Crippen molar-refractivity contribution in [3.8, 4) is 0 Å². The Balaban J connectivity index is 2.09. The molecule has 0 radical (unpaired) electrons. The molecule has 3 aliphatic rings. The number of furan rings is 1. The van der Waals surface area contributed by atoms with Crippen molar-refractivity contribution in [2.45, 2.75) is 30.4 Å². The molecule has 2 bridgehead atoms. The molecule has 4 rings (SSSR count). The summed E-state index contributed by atoms with van der Waals surface area (Å²) in [7, 11) is -4.21. The molecule has 0 spiro atoms. The Bertz CT molecular complexity index is 511. The highest BCUT2D eigenvalue weighted by atomic mass is 32.2. The van der Waals surface area contributed by atoms with Gasteiger partial charge in [0.1, 0.15) is 5.76 Å². The van der Waals surface area contributed by atoms with Crippen LogP contribution in [0.3, 0.4) is 0 Å². The first-order chi connectivity index (χ1) is 7.54. The van der Waals surface area contributed by atoms with Gasteiger partial charge in [-0.15, -0.1) is 0 Å². The molecule has 4 heterocycles. The van der Waals surface area contributed by atoms with Crippen LogP contribution >= 0.6 is 0 Å². The predicted octanol–water partition coefficient (Wildman–Crippen LogP) is 1.22. The Hall–Kier alpha value is -0.850. The Morgan fingerprint density at radius 2 is 2.06 bits per heavy atom. The number of nitrogens with zero attached hydrogens (tertiary/aromatic N) is 1. The molecular formula is C10H13NO4S. The Labute approximate surface area is 93.8 Å². The highest BCUT2D eigenvalue weighted by Crippen LogP contribution is 2.38. The lowest BCUT2D eigenvalue weighted by molar-refractivity contribution is 0.212. The third kappa shape index (κ3) is 1.57. The average Bonchev–Trinajstić information content (AvgIpc) is 2.50. The second kappa shape index (κ2) is 3.32. The number of piperidine rings is 1. The summed E-state index contributed by atoms with van der Waals surface area (Å²) in [5.74, 6) is 1.07. The van der Waals surface area contributed by atoms with Gasteiger partial charge in [0.2, 0.25) is 5.09 Å². The van der Waals surface area contributed by atoms with Crippen LogP contribution in [0.4, 0.5) is 0 Å². The van der Waals surface area contributed by atoms with Crippen LogP contribution in [0.15, 0.2) is 15.6 Å². The standard InChI is InChI=1S/C10H13NO4S/c12-16(13,14)9-5-8-6-11-3-1-7(2-4-11)10(8)15-9/h5,7H,1-4,6H2,(H,12,13,14). The zero-order valence-electron chi connectivity index (χ0n) is 8.72. The first kappa shape index (κ1) is 10.3. The second-order valence-corrected chi connectivity index (χ2v) is 5.83. The number of hydrogen-bond donors (Lipinski definition) is 1. The molecule has 0 aliphatic carbocycles. The summed E-state index contributed by atoms with van der Waals surface area (Å²) in [6.45, 7) is 2.80. The van der Waals surface area contributed by atoms with Crippen LogP contribution in [0.25, 0.3) is 0 Å². The molecule has 1 aromatic rings. The molecular weight excluding hydrogens is 230 g/mol. The fraction of sp³-hybridized carbons (Fsp3) is 0.600. The van der Waals surface area contributed by atoms with E-state index in [4.69, 9.17) is 8.97 Å². The third-order valence-electron chi connectivity index (χ3n) is 3.43. The molecule has 5 nitrogen and oxygen atoms in total. The zero-order chi connectivity index (χ0) is 11.3. The lowest BCUT2D eigenvalue weighted by atomic mass is 9.95. The van der Waals surface area contributed by atoms with Crippen molar-refractivity contribution in [1.82, 2.24) is 4.90 Å². The van der Waals surface area contributed by atoms with Crippen molar-refractivity contribution in [3.05, 3.63) is 17.4 Å². The smallest absolute Gasteiger partial charge is 0.328 e. The summed E-state index contributed by atoms with van der Waals surface area (Å²) < 4.78 is 36.2. The molecule has 0 saturated carbocycles. The van der Waals surface area contributed by atoms with Gasteiger partial charge in [0.25, 0.3) is 0 Å². The van der Waals surface area contributed by atoms with E-state index in [0.29, 0.717) is 5.92 Å². The molecule has 6 heteroatoms. The van der Waals surface area contributed by atoms with Gasteiger partial charge in [-0.1, -0.05) is 0 Å². The maximum Gasteiger partial charge on any atom is 0.328 e. The highest BCUT2D eigenvalue weighted by Gasteiger charge is 2.32. The summed E-state index contributed by atoms with van der Waals surface area (Å²) in [6.07, 6.45) is 2.01. The van der Waals surface area contributed by atoms with Gasteiger partial charge >= 0.3 is 10.1 Å². The Kier molecular flexibility index (Phi) is 2.14. The van der Waals surface area contributed by atoms with Crippen LogP contribution in [-0.2, 0) is 16.7 Å². The molecule has 16 heavy (non-hydrogen) atoms. The van der Waals surface area contributed by atoms with E-state index in [1.54, 1.807) is 0 Å². The molecule has 0 aromatic carbocycles. The van der Waals surface area contributed by atoms with Crippen molar-refractivity contribution in [1.29, 1.82) is 0 Å². The first-order valence-electron chi connectivity index (χ1n) is 5.36. The SMILES string of the molecule is O=S(=O)(O)c1cc2c(o1)C1CCN(CC1)C2. The number of hydrogen-bond acceptors (Lipinski definition) is 4. The quantitative estimate of drug-likeness (QED) is 0.751. The lowest BCUT2D eigenvalue weighted by Gasteiger charge is -2.26. The zero-order valence-corrected chi connectivity index (χ0v) is 9.53. The Morgan fingerprint density at radius 1 is 1.38 bits per heavy atom. The van der Waals surface area contributed by atoms with Crippen LogP contribution in [0.1, 0.15) is 30.1 Å². The van der Waals surface area contributed by atoms with Crippen molar-refractivity contribution >= 4 is 10.1 Å². The second-order valence-electron chi connectivity index (χ2n) is 4.48. The summed E-state index contributed by atoms with van der Waals surface area (Å²) in [6, 6.07) is 1.46. The van der Waals surface area contributed by atoms with E-state index < -0.39 is 10.1 Å². The first-order valence-corrected chi connectivity index (χ1v) is 6.80. The van der Waals surface area contributed by atoms with Gasteiger partial charge < -0.3 is 4.42 Å². The van der Waals surface area contributed by atoms with Crippen molar-refractivity contribution < 1.29 is 17.4 Å². The number of rotatable bonds is 1. The highest BCUT2D eigenvalue weighted by molar-refractivity contribution is 7.85. The molecule has 1 aromatic heterocycles. The molecule has 0 unspecified atom stereocenters. The van der Waals surface area contributed by atoms with Gasteiger partial charge in [-0.25, -0.2) is 0 Å². The molecule has 3 aliphatic heterocycles. The minimum atomic E-state index is -4.21. The van der Waals surface area contributed by atoms with E-state index in [0.717, 1.165) is 43.8 Å². The summed E-state index contributed by atoms with van der Waals surface area (Å²) in [5, 5.41) is -0.314. The van der Waals surface area contributed by atoms with E-state index in [2.05, 4.69) is 4.90 Å². The minimum Gasteiger partial charge on any atom is -0.447 e. The Morgan fingerprint density at radius 3 is 2.69 bits per heavy atom. The van der Waals surface area contributed by atoms with Crippen molar-refractivity contribution in [2.24, 2.45) is 0 Å². The maximum atomic E-state index is 11.0. The van der Waals surface area contributed by atoms with Gasteiger partial charge in [0.15, 0.2) is 0 Å². The van der Waals surface area contributed by atoms with Gasteiger partial charge in [-0.2, -0.15) is 8.42 Å². The molecule has 0 amide bonds. The molecule has 88 valence electrons. The fourth-order valence-electron chi connectivity index (χ4n) is 2.61. The van der Waals surface area contributed by atoms with Crippen molar-refractivity contribution in [3.63, 3.8) is 0 Å². The monoisotopic (exact) mass is 243 g/mol. The fourth-order valence-corrected chi connectivity index (χ4v) is 3.09. The average molecular weight is 243 g/mol. The molecule has 1 saturated heterocycles. The van der Waals surface area contributed by atoms with Gasteiger partial charge in [0, 0.05) is 24.1 Å². The van der Waals surface area contributed by atoms with E-state index in [1.807, 2.05) is 0 Å². The maximum absolute atomic E-state index is 11.0. The topological polar surface area (TPSA) is 70.8 Å². The van der Waals surface area contributed by atoms with Crippen molar-refractivity contribution in [2.75, 3.05) is 13.1 Å². The summed E-state index contributed by atoms with van der Waals surface area (Å²) in [4.78, 5) is 2.28.